The van der Waals surface area contributed by atoms with Gasteiger partial charge in [0.2, 0.25) is 5.78 Å². The van der Waals surface area contributed by atoms with Crippen molar-refractivity contribution in [3.8, 4) is 0 Å². The second kappa shape index (κ2) is 6.75. The van der Waals surface area contributed by atoms with Crippen LogP contribution in [-0.2, 0) is 19.7 Å². The van der Waals surface area contributed by atoms with E-state index >= 15 is 0 Å². The van der Waals surface area contributed by atoms with Gasteiger partial charge in [0.25, 0.3) is 5.79 Å². The zero-order chi connectivity index (χ0) is 21.2. The third-order valence-electron chi connectivity index (χ3n) is 8.35. The summed E-state index contributed by atoms with van der Waals surface area (Å²) in [4.78, 5) is 13.5. The van der Waals surface area contributed by atoms with E-state index in [9.17, 15) is 4.79 Å². The highest BCUT2D eigenvalue weighted by atomic mass is 16.7. The van der Waals surface area contributed by atoms with Crippen molar-refractivity contribution in [2.24, 2.45) is 11.8 Å². The SMILES string of the molecule is COC1(OC)C(=O)C2=C1[C@H]1[C@H](CC1(c1ccccc1)c1ccccc1)C1=C2CCCC1. The molecule has 31 heavy (non-hydrogen) atoms. The van der Waals surface area contributed by atoms with Gasteiger partial charge in [-0.1, -0.05) is 66.2 Å². The molecule has 0 unspecified atom stereocenters. The Morgan fingerprint density at radius 3 is 2.00 bits per heavy atom. The van der Waals surface area contributed by atoms with Crippen molar-refractivity contribution >= 4 is 5.78 Å². The molecule has 2 aromatic carbocycles. The van der Waals surface area contributed by atoms with E-state index in [0.29, 0.717) is 5.92 Å². The summed E-state index contributed by atoms with van der Waals surface area (Å²) in [6, 6.07) is 21.6. The number of fused-ring (bicyclic) bond motifs is 4. The lowest BCUT2D eigenvalue weighted by Gasteiger charge is -2.64. The first-order valence-electron chi connectivity index (χ1n) is 11.4. The molecule has 1 fully saturated rings. The van der Waals surface area contributed by atoms with Gasteiger partial charge in [-0.05, 0) is 54.7 Å². The Kier molecular flexibility index (Phi) is 4.19. The van der Waals surface area contributed by atoms with Gasteiger partial charge >= 0.3 is 0 Å². The van der Waals surface area contributed by atoms with Crippen molar-refractivity contribution in [3.63, 3.8) is 0 Å². The molecule has 0 spiro atoms. The second-order valence-electron chi connectivity index (χ2n) is 9.35. The summed E-state index contributed by atoms with van der Waals surface area (Å²) >= 11 is 0. The predicted molar refractivity (Wildman–Crippen MR) is 120 cm³/mol. The molecule has 0 saturated heterocycles. The molecule has 6 rings (SSSR count). The second-order valence-corrected chi connectivity index (χ2v) is 9.35. The first-order chi connectivity index (χ1) is 15.2. The highest BCUT2D eigenvalue weighted by Gasteiger charge is 2.70. The van der Waals surface area contributed by atoms with E-state index in [1.165, 1.54) is 28.7 Å². The standard InChI is InChI=1S/C28H28O3/c1-30-28(31-2)25-23(26(28)29)21-16-10-9-15-20(21)22-17-27(24(22)25,18-11-5-3-6-12-18)19-13-7-4-8-14-19/h3-8,11-14,22,24H,9-10,15-17H2,1-2H3/t22-,24-/m1/s1. The number of methoxy groups -OCH3 is 2. The summed E-state index contributed by atoms with van der Waals surface area (Å²) in [5, 5.41) is 0. The van der Waals surface area contributed by atoms with Gasteiger partial charge in [-0.2, -0.15) is 0 Å². The molecule has 0 aromatic heterocycles. The third-order valence-corrected chi connectivity index (χ3v) is 8.35. The minimum atomic E-state index is -1.23. The van der Waals surface area contributed by atoms with Crippen molar-refractivity contribution in [2.75, 3.05) is 14.2 Å². The number of carbonyl (C=O) groups excluding carboxylic acids is 1. The first kappa shape index (κ1) is 19.2. The fourth-order valence-corrected chi connectivity index (χ4v) is 7.06. The highest BCUT2D eigenvalue weighted by molar-refractivity contribution is 6.15. The number of hydrogen-bond acceptors (Lipinski definition) is 3. The topological polar surface area (TPSA) is 35.5 Å². The molecule has 0 bridgehead atoms. The van der Waals surface area contributed by atoms with Gasteiger partial charge in [0.1, 0.15) is 0 Å². The summed E-state index contributed by atoms with van der Waals surface area (Å²) in [6.45, 7) is 0. The lowest BCUT2D eigenvalue weighted by Crippen LogP contribution is -2.66. The quantitative estimate of drug-likeness (QED) is 0.634. The number of allylic oxidation sites excluding steroid dienone is 2. The number of ether oxygens (including phenoxy) is 2. The van der Waals surface area contributed by atoms with Crippen molar-refractivity contribution in [1.29, 1.82) is 0 Å². The molecule has 3 heteroatoms. The third kappa shape index (κ3) is 2.23. The molecule has 4 aliphatic carbocycles. The number of hydrogen-bond donors (Lipinski definition) is 0. The Labute approximate surface area is 183 Å². The molecular weight excluding hydrogens is 384 g/mol. The van der Waals surface area contributed by atoms with Crippen LogP contribution in [0, 0.1) is 11.8 Å². The van der Waals surface area contributed by atoms with E-state index in [4.69, 9.17) is 9.47 Å². The van der Waals surface area contributed by atoms with Crippen LogP contribution in [0.25, 0.3) is 0 Å². The summed E-state index contributed by atoms with van der Waals surface area (Å²) in [5.41, 5.74) is 7.32. The van der Waals surface area contributed by atoms with E-state index in [1.54, 1.807) is 14.2 Å². The van der Waals surface area contributed by atoms with Gasteiger partial charge in [-0.25, -0.2) is 0 Å². The van der Waals surface area contributed by atoms with Gasteiger partial charge in [-0.15, -0.1) is 0 Å². The van der Waals surface area contributed by atoms with Gasteiger partial charge < -0.3 is 9.47 Å². The fraction of sp³-hybridized carbons (Fsp3) is 0.393. The van der Waals surface area contributed by atoms with Crippen LogP contribution in [-0.4, -0.2) is 25.8 Å². The van der Waals surface area contributed by atoms with Crippen LogP contribution in [0.5, 0.6) is 0 Å². The van der Waals surface area contributed by atoms with Gasteiger partial charge in [0.15, 0.2) is 0 Å². The van der Waals surface area contributed by atoms with Crippen LogP contribution in [0.15, 0.2) is 83.0 Å². The highest BCUT2D eigenvalue weighted by Crippen LogP contribution is 2.70. The van der Waals surface area contributed by atoms with Crippen LogP contribution in [0.2, 0.25) is 0 Å². The monoisotopic (exact) mass is 412 g/mol. The van der Waals surface area contributed by atoms with Crippen molar-refractivity contribution < 1.29 is 14.3 Å². The predicted octanol–water partition coefficient (Wildman–Crippen LogP) is 5.36. The Bertz CT molecular complexity index is 1070. The summed E-state index contributed by atoms with van der Waals surface area (Å²) < 4.78 is 11.7. The minimum Gasteiger partial charge on any atom is -0.343 e. The number of Topliss-reactive ketones (excluding diaryl/α,β-unsaturated/α-hetero) is 1. The minimum absolute atomic E-state index is 0.0160. The van der Waals surface area contributed by atoms with Crippen LogP contribution in [0.3, 0.4) is 0 Å². The van der Waals surface area contributed by atoms with Crippen LogP contribution < -0.4 is 0 Å². The molecule has 158 valence electrons. The van der Waals surface area contributed by atoms with E-state index in [0.717, 1.165) is 36.8 Å². The van der Waals surface area contributed by atoms with Gasteiger partial charge in [0, 0.05) is 36.7 Å². The van der Waals surface area contributed by atoms with E-state index < -0.39 is 5.79 Å². The Balaban J connectivity index is 1.62. The largest absolute Gasteiger partial charge is 0.343 e. The average Bonchev–Trinajstić information content (AvgIpc) is 2.81. The Hall–Kier alpha value is -2.49. The molecule has 2 atom stereocenters. The van der Waals surface area contributed by atoms with Gasteiger partial charge in [0.05, 0.1) is 0 Å². The van der Waals surface area contributed by atoms with Crippen molar-refractivity contribution in [3.05, 3.63) is 94.1 Å². The maximum absolute atomic E-state index is 13.5. The molecule has 4 aliphatic rings. The summed E-state index contributed by atoms with van der Waals surface area (Å²) in [5.74, 6) is -0.583. The lowest BCUT2D eigenvalue weighted by atomic mass is 9.39. The maximum Gasteiger partial charge on any atom is 0.258 e. The molecule has 2 aromatic rings. The van der Waals surface area contributed by atoms with Crippen LogP contribution in [0.1, 0.15) is 43.2 Å². The van der Waals surface area contributed by atoms with Crippen molar-refractivity contribution in [1.82, 2.24) is 0 Å². The number of ketones is 1. The van der Waals surface area contributed by atoms with Crippen LogP contribution >= 0.6 is 0 Å². The van der Waals surface area contributed by atoms with E-state index in [-0.39, 0.29) is 17.1 Å². The Morgan fingerprint density at radius 1 is 0.839 bits per heavy atom. The van der Waals surface area contributed by atoms with E-state index in [1.807, 2.05) is 0 Å². The fourth-order valence-electron chi connectivity index (χ4n) is 7.06. The number of carbonyl (C=O) groups is 1. The summed E-state index contributed by atoms with van der Waals surface area (Å²) in [6.07, 6.45) is 5.58. The summed E-state index contributed by atoms with van der Waals surface area (Å²) in [7, 11) is 3.21. The lowest BCUT2D eigenvalue weighted by molar-refractivity contribution is -0.204. The molecule has 3 nitrogen and oxygen atoms in total. The van der Waals surface area contributed by atoms with Crippen LogP contribution in [0.4, 0.5) is 0 Å². The zero-order valence-corrected chi connectivity index (χ0v) is 18.2. The molecule has 0 amide bonds. The maximum atomic E-state index is 13.5. The van der Waals surface area contributed by atoms with E-state index in [2.05, 4.69) is 60.7 Å². The smallest absolute Gasteiger partial charge is 0.258 e. The molecular formula is C28H28O3. The van der Waals surface area contributed by atoms with Crippen molar-refractivity contribution in [2.45, 2.75) is 43.3 Å². The zero-order valence-electron chi connectivity index (χ0n) is 18.2. The molecule has 0 aliphatic heterocycles. The van der Waals surface area contributed by atoms with Gasteiger partial charge in [-0.3, -0.25) is 4.79 Å². The Morgan fingerprint density at radius 2 is 1.42 bits per heavy atom. The molecule has 0 heterocycles. The number of benzene rings is 2. The molecule has 1 saturated carbocycles. The number of rotatable bonds is 4. The first-order valence-corrected chi connectivity index (χ1v) is 11.4. The normalized spacial score (nSPS) is 27.6. The molecule has 0 N–H and O–H groups in total. The average molecular weight is 413 g/mol. The molecule has 0 radical (unpaired) electrons.